The molecule has 0 saturated carbocycles. The number of hydrogen-bond acceptors (Lipinski definition) is 5. The van der Waals surface area contributed by atoms with Crippen LogP contribution in [0.3, 0.4) is 0 Å². The minimum absolute atomic E-state index is 0.0587. The summed E-state index contributed by atoms with van der Waals surface area (Å²) < 4.78 is 51.7. The predicted octanol–water partition coefficient (Wildman–Crippen LogP) is 3.27. The third-order valence-corrected chi connectivity index (χ3v) is 5.15. The highest BCUT2D eigenvalue weighted by Crippen LogP contribution is 2.38. The molecule has 0 radical (unpaired) electrons. The van der Waals surface area contributed by atoms with E-state index in [-0.39, 0.29) is 31.6 Å². The molecule has 0 aliphatic carbocycles. The summed E-state index contributed by atoms with van der Waals surface area (Å²) in [5, 5.41) is 7.19. The van der Waals surface area contributed by atoms with Crippen LogP contribution in [0.5, 0.6) is 11.5 Å². The van der Waals surface area contributed by atoms with Gasteiger partial charge in [-0.2, -0.15) is 13.2 Å². The number of amides is 1. The van der Waals surface area contributed by atoms with Crippen molar-refractivity contribution < 1.29 is 27.4 Å². The second-order valence-electron chi connectivity index (χ2n) is 6.91. The molecule has 0 N–H and O–H groups in total. The molecule has 3 aromatic rings. The molecule has 30 heavy (non-hydrogen) atoms. The van der Waals surface area contributed by atoms with Crippen molar-refractivity contribution in [1.82, 2.24) is 19.7 Å². The lowest BCUT2D eigenvalue weighted by Crippen LogP contribution is -2.43. The molecule has 5 rings (SSSR count). The molecule has 1 aromatic heterocycles. The zero-order chi connectivity index (χ0) is 20.9. The van der Waals surface area contributed by atoms with Crippen molar-refractivity contribution in [3.8, 4) is 11.5 Å². The van der Waals surface area contributed by atoms with Gasteiger partial charge in [0.15, 0.2) is 17.3 Å². The highest BCUT2D eigenvalue weighted by molar-refractivity contribution is 5.95. The Kier molecular flexibility index (Phi) is 4.16. The van der Waals surface area contributed by atoms with Gasteiger partial charge in [0.2, 0.25) is 12.6 Å². The van der Waals surface area contributed by atoms with E-state index in [1.165, 1.54) is 4.90 Å². The Balaban J connectivity index is 1.58. The van der Waals surface area contributed by atoms with Gasteiger partial charge in [-0.25, -0.2) is 0 Å². The van der Waals surface area contributed by atoms with E-state index in [9.17, 15) is 18.0 Å². The Hall–Kier alpha value is -3.56. The number of aromatic nitrogens is 3. The third kappa shape index (κ3) is 2.95. The molecule has 1 unspecified atom stereocenters. The average molecular weight is 416 g/mol. The van der Waals surface area contributed by atoms with Crippen LogP contribution in [-0.4, -0.2) is 38.9 Å². The minimum atomic E-state index is -4.63. The highest BCUT2D eigenvalue weighted by atomic mass is 19.4. The predicted molar refractivity (Wildman–Crippen MR) is 96.9 cm³/mol. The monoisotopic (exact) mass is 416 g/mol. The van der Waals surface area contributed by atoms with Gasteiger partial charge in [0.05, 0.1) is 0 Å². The molecule has 0 saturated heterocycles. The number of fused-ring (bicyclic) bond motifs is 2. The molecule has 1 atom stereocenters. The van der Waals surface area contributed by atoms with Crippen LogP contribution in [0.1, 0.15) is 33.6 Å². The number of carbonyl (C=O) groups is 1. The molecule has 2 aromatic carbocycles. The lowest BCUT2D eigenvalue weighted by atomic mass is 10.0. The molecule has 1 amide bonds. The molecule has 2 aliphatic heterocycles. The van der Waals surface area contributed by atoms with Crippen LogP contribution in [0.2, 0.25) is 0 Å². The van der Waals surface area contributed by atoms with E-state index in [0.29, 0.717) is 22.6 Å². The number of hydrogen-bond donors (Lipinski definition) is 0. The molecule has 7 nitrogen and oxygen atoms in total. The zero-order valence-electron chi connectivity index (χ0n) is 15.5. The lowest BCUT2D eigenvalue weighted by Gasteiger charge is -2.36. The maximum absolute atomic E-state index is 13.4. The molecule has 10 heteroatoms. The van der Waals surface area contributed by atoms with Crippen LogP contribution < -0.4 is 9.47 Å². The van der Waals surface area contributed by atoms with Crippen molar-refractivity contribution in [2.24, 2.45) is 0 Å². The van der Waals surface area contributed by atoms with Crippen molar-refractivity contribution in [3.05, 3.63) is 71.3 Å². The Bertz CT molecular complexity index is 1110. The summed E-state index contributed by atoms with van der Waals surface area (Å²) in [6.45, 7) is 0.0877. The first-order chi connectivity index (χ1) is 14.4. The summed E-state index contributed by atoms with van der Waals surface area (Å²) in [5.74, 6) is -0.330. The van der Waals surface area contributed by atoms with Crippen molar-refractivity contribution in [2.75, 3.05) is 13.3 Å². The fourth-order valence-electron chi connectivity index (χ4n) is 3.80. The van der Waals surface area contributed by atoms with Gasteiger partial charge in [-0.05, 0) is 23.8 Å². The summed E-state index contributed by atoms with van der Waals surface area (Å²) in [4.78, 5) is 14.9. The third-order valence-electron chi connectivity index (χ3n) is 5.15. The molecular formula is C20H15F3N4O3. The molecule has 0 fully saturated rings. The van der Waals surface area contributed by atoms with Crippen LogP contribution in [0.25, 0.3) is 0 Å². The number of rotatable bonds is 2. The van der Waals surface area contributed by atoms with Crippen molar-refractivity contribution in [3.63, 3.8) is 0 Å². The molecule has 154 valence electrons. The van der Waals surface area contributed by atoms with Crippen LogP contribution in [0, 0.1) is 0 Å². The van der Waals surface area contributed by atoms with Crippen LogP contribution in [-0.2, 0) is 12.7 Å². The van der Waals surface area contributed by atoms with Crippen molar-refractivity contribution >= 4 is 5.91 Å². The number of ether oxygens (including phenoxy) is 2. The van der Waals surface area contributed by atoms with Gasteiger partial charge in [0.1, 0.15) is 6.04 Å². The van der Waals surface area contributed by atoms with Gasteiger partial charge in [-0.3, -0.25) is 4.79 Å². The lowest BCUT2D eigenvalue weighted by molar-refractivity contribution is -0.148. The van der Waals surface area contributed by atoms with Gasteiger partial charge >= 0.3 is 6.18 Å². The van der Waals surface area contributed by atoms with Crippen LogP contribution in [0.4, 0.5) is 13.2 Å². The number of carbonyl (C=O) groups excluding carboxylic acids is 1. The Morgan fingerprint density at radius 3 is 2.53 bits per heavy atom. The number of nitrogens with zero attached hydrogens (tertiary/aromatic N) is 4. The molecule has 0 bridgehead atoms. The standard InChI is InChI=1S/C20H15F3N4O3/c21-20(22,23)19-25-24-17-16(12-4-2-1-3-5-12)26(8-9-27(17)19)18(28)13-6-7-14-15(10-13)30-11-29-14/h1-7,10,16H,8-9,11H2. The van der Waals surface area contributed by atoms with Crippen LogP contribution in [0.15, 0.2) is 48.5 Å². The van der Waals surface area contributed by atoms with Gasteiger partial charge in [-0.15, -0.1) is 10.2 Å². The van der Waals surface area contributed by atoms with Gasteiger partial charge in [0.25, 0.3) is 5.91 Å². The first kappa shape index (κ1) is 18.5. The van der Waals surface area contributed by atoms with E-state index in [4.69, 9.17) is 9.47 Å². The smallest absolute Gasteiger partial charge is 0.451 e. The molecule has 0 spiro atoms. The Labute approximate surface area is 168 Å². The largest absolute Gasteiger partial charge is 0.454 e. The SMILES string of the molecule is O=C(c1ccc2c(c1)OCO2)N1CCn2c(nnc2C(F)(F)F)C1c1ccccc1. The quantitative estimate of drug-likeness (QED) is 0.642. The minimum Gasteiger partial charge on any atom is -0.454 e. The van der Waals surface area contributed by atoms with Crippen molar-refractivity contribution in [1.29, 1.82) is 0 Å². The van der Waals surface area contributed by atoms with Gasteiger partial charge in [-0.1, -0.05) is 30.3 Å². The van der Waals surface area contributed by atoms with E-state index >= 15 is 0 Å². The van der Waals surface area contributed by atoms with E-state index < -0.39 is 18.0 Å². The summed E-state index contributed by atoms with van der Waals surface area (Å²) >= 11 is 0. The average Bonchev–Trinajstić information content (AvgIpc) is 3.39. The van der Waals surface area contributed by atoms with Gasteiger partial charge < -0.3 is 18.9 Å². The first-order valence-electron chi connectivity index (χ1n) is 9.19. The summed E-state index contributed by atoms with van der Waals surface area (Å²) in [6.07, 6.45) is -4.63. The zero-order valence-corrected chi connectivity index (χ0v) is 15.5. The van der Waals surface area contributed by atoms with Crippen molar-refractivity contribution in [2.45, 2.75) is 18.8 Å². The molecule has 2 aliphatic rings. The Morgan fingerprint density at radius 1 is 1.00 bits per heavy atom. The molecular weight excluding hydrogens is 401 g/mol. The number of halogens is 3. The maximum Gasteiger partial charge on any atom is 0.451 e. The van der Waals surface area contributed by atoms with E-state index in [0.717, 1.165) is 4.57 Å². The molecule has 3 heterocycles. The first-order valence-corrected chi connectivity index (χ1v) is 9.19. The second kappa shape index (κ2) is 6.75. The normalized spacial score (nSPS) is 17.7. The number of alkyl halides is 3. The summed E-state index contributed by atoms with van der Waals surface area (Å²) in [6, 6.07) is 12.8. The number of benzene rings is 2. The maximum atomic E-state index is 13.4. The highest BCUT2D eigenvalue weighted by Gasteiger charge is 2.43. The topological polar surface area (TPSA) is 69.5 Å². The fraction of sp³-hybridized carbons (Fsp3) is 0.250. The van der Waals surface area contributed by atoms with E-state index in [1.807, 2.05) is 0 Å². The van der Waals surface area contributed by atoms with Gasteiger partial charge in [0, 0.05) is 18.7 Å². The van der Waals surface area contributed by atoms with E-state index in [1.54, 1.807) is 48.5 Å². The van der Waals surface area contributed by atoms with Crippen LogP contribution >= 0.6 is 0 Å². The fourth-order valence-corrected chi connectivity index (χ4v) is 3.80. The second-order valence-corrected chi connectivity index (χ2v) is 6.91. The summed E-state index contributed by atoms with van der Waals surface area (Å²) in [7, 11) is 0. The van der Waals surface area contributed by atoms with E-state index in [2.05, 4.69) is 10.2 Å². The Morgan fingerprint density at radius 2 is 1.77 bits per heavy atom. The summed E-state index contributed by atoms with van der Waals surface area (Å²) in [5.41, 5.74) is 0.998.